The first-order chi connectivity index (χ1) is 15.6. The van der Waals surface area contributed by atoms with E-state index >= 15 is 0 Å². The number of nitrogens with zero attached hydrogens (tertiary/aromatic N) is 2. The Bertz CT molecular complexity index is 1160. The predicted octanol–water partition coefficient (Wildman–Crippen LogP) is 7.00. The number of methoxy groups -OCH3 is 1. The van der Waals surface area contributed by atoms with Gasteiger partial charge in [-0.3, -0.25) is 0 Å². The minimum Gasteiger partial charge on any atom is -0.496 e. The molecule has 2 N–H and O–H groups in total. The number of carboxylic acid groups (broad SMARTS) is 1. The summed E-state index contributed by atoms with van der Waals surface area (Å²) in [4.78, 5) is 16.7. The zero-order valence-corrected chi connectivity index (χ0v) is 20.5. The van der Waals surface area contributed by atoms with Gasteiger partial charge >= 0.3 is 5.97 Å². The molecule has 0 amide bonds. The van der Waals surface area contributed by atoms with Crippen molar-refractivity contribution < 1.29 is 14.6 Å². The van der Waals surface area contributed by atoms with Crippen molar-refractivity contribution in [2.75, 3.05) is 12.4 Å². The second kappa shape index (κ2) is 8.73. The summed E-state index contributed by atoms with van der Waals surface area (Å²) in [6.45, 7) is 11.3. The lowest BCUT2D eigenvalue weighted by molar-refractivity contribution is 0.0693. The number of rotatable bonds is 6. The fourth-order valence-corrected chi connectivity index (χ4v) is 5.49. The first-order valence-electron chi connectivity index (χ1n) is 11.8. The number of anilines is 2. The van der Waals surface area contributed by atoms with Crippen molar-refractivity contribution >= 4 is 28.6 Å². The predicted molar refractivity (Wildman–Crippen MR) is 133 cm³/mol. The Balaban J connectivity index is 1.85. The molecule has 6 heteroatoms. The molecule has 3 aromatic rings. The van der Waals surface area contributed by atoms with E-state index in [2.05, 4.69) is 68.8 Å². The fourth-order valence-electron chi connectivity index (χ4n) is 5.49. The first-order valence-corrected chi connectivity index (χ1v) is 11.8. The Kier molecular flexibility index (Phi) is 6.12. The maximum Gasteiger partial charge on any atom is 0.339 e. The Morgan fingerprint density at radius 1 is 1.21 bits per heavy atom. The van der Waals surface area contributed by atoms with E-state index in [-0.39, 0.29) is 17.0 Å². The number of aromatic nitrogens is 2. The third-order valence-corrected chi connectivity index (χ3v) is 6.80. The van der Waals surface area contributed by atoms with Gasteiger partial charge in [0.25, 0.3) is 0 Å². The Labute approximate surface area is 196 Å². The zero-order chi connectivity index (χ0) is 23.9. The second-order valence-corrected chi connectivity index (χ2v) is 10.6. The van der Waals surface area contributed by atoms with Crippen LogP contribution in [0, 0.1) is 11.3 Å². The Morgan fingerprint density at radius 3 is 2.48 bits per heavy atom. The van der Waals surface area contributed by atoms with Gasteiger partial charge < -0.3 is 19.7 Å². The van der Waals surface area contributed by atoms with Gasteiger partial charge in [-0.2, -0.15) is 0 Å². The molecule has 2 aromatic carbocycles. The number of fused-ring (bicyclic) bond motifs is 1. The highest BCUT2D eigenvalue weighted by Gasteiger charge is 2.35. The summed E-state index contributed by atoms with van der Waals surface area (Å²) in [5, 5.41) is 13.2. The van der Waals surface area contributed by atoms with Gasteiger partial charge in [0.05, 0.1) is 18.1 Å². The molecular formula is C27H35N3O3. The normalized spacial score (nSPS) is 20.2. The van der Waals surface area contributed by atoms with Crippen molar-refractivity contribution in [2.24, 2.45) is 11.3 Å². The van der Waals surface area contributed by atoms with E-state index in [0.717, 1.165) is 30.0 Å². The van der Waals surface area contributed by atoms with Crippen LogP contribution in [-0.4, -0.2) is 27.7 Å². The largest absolute Gasteiger partial charge is 0.496 e. The van der Waals surface area contributed by atoms with Crippen LogP contribution < -0.4 is 10.1 Å². The molecule has 1 aromatic heterocycles. The van der Waals surface area contributed by atoms with Crippen LogP contribution in [0.1, 0.15) is 81.8 Å². The smallest absolute Gasteiger partial charge is 0.339 e. The highest BCUT2D eigenvalue weighted by atomic mass is 16.5. The minimum atomic E-state index is -1.02. The summed E-state index contributed by atoms with van der Waals surface area (Å²) in [6, 6.07) is 12.1. The highest BCUT2D eigenvalue weighted by Crippen LogP contribution is 2.46. The number of aromatic carboxylic acids is 1. The molecule has 0 bridgehead atoms. The van der Waals surface area contributed by atoms with Gasteiger partial charge in [-0.25, -0.2) is 9.78 Å². The molecular weight excluding hydrogens is 414 g/mol. The number of carboxylic acids is 1. The molecule has 0 unspecified atom stereocenters. The molecule has 33 heavy (non-hydrogen) atoms. The SMILES string of the molecule is COc1cc2c(cc1C(=O)O)nc(Nc1ccc(C(C)C)cc1)n2[C@H]1C[C@@H](C)CC(C)(C)C1. The number of hydrogen-bond acceptors (Lipinski definition) is 4. The van der Waals surface area contributed by atoms with E-state index in [9.17, 15) is 9.90 Å². The number of nitrogens with one attached hydrogen (secondary N) is 1. The Morgan fingerprint density at radius 2 is 1.91 bits per heavy atom. The molecule has 6 nitrogen and oxygen atoms in total. The fraction of sp³-hybridized carbons (Fsp3) is 0.481. The topological polar surface area (TPSA) is 76.4 Å². The maximum absolute atomic E-state index is 11.8. The van der Waals surface area contributed by atoms with Crippen molar-refractivity contribution in [3.63, 3.8) is 0 Å². The summed E-state index contributed by atoms with van der Waals surface area (Å²) >= 11 is 0. The van der Waals surface area contributed by atoms with Crippen molar-refractivity contribution in [3.05, 3.63) is 47.5 Å². The van der Waals surface area contributed by atoms with E-state index < -0.39 is 5.97 Å². The average Bonchev–Trinajstić information content (AvgIpc) is 3.08. The second-order valence-electron chi connectivity index (χ2n) is 10.6. The third kappa shape index (κ3) is 4.70. The van der Waals surface area contributed by atoms with Gasteiger partial charge in [-0.1, -0.05) is 46.8 Å². The van der Waals surface area contributed by atoms with E-state index in [1.165, 1.54) is 19.1 Å². The molecule has 1 aliphatic carbocycles. The lowest BCUT2D eigenvalue weighted by atomic mass is 9.70. The van der Waals surface area contributed by atoms with E-state index in [1.807, 2.05) is 6.07 Å². The van der Waals surface area contributed by atoms with Crippen LogP contribution in [0.2, 0.25) is 0 Å². The lowest BCUT2D eigenvalue weighted by Crippen LogP contribution is -2.29. The molecule has 0 aliphatic heterocycles. The van der Waals surface area contributed by atoms with Gasteiger partial charge in [-0.15, -0.1) is 0 Å². The summed E-state index contributed by atoms with van der Waals surface area (Å²) in [6.07, 6.45) is 3.29. The highest BCUT2D eigenvalue weighted by molar-refractivity contribution is 5.96. The summed E-state index contributed by atoms with van der Waals surface area (Å²) in [7, 11) is 1.51. The van der Waals surface area contributed by atoms with Gasteiger partial charge in [0.15, 0.2) is 0 Å². The first kappa shape index (κ1) is 23.1. The molecule has 1 fully saturated rings. The van der Waals surface area contributed by atoms with Crippen molar-refractivity contribution in [1.82, 2.24) is 9.55 Å². The zero-order valence-electron chi connectivity index (χ0n) is 20.5. The minimum absolute atomic E-state index is 0.125. The van der Waals surface area contributed by atoms with Crippen LogP contribution in [0.4, 0.5) is 11.6 Å². The molecule has 176 valence electrons. The molecule has 4 rings (SSSR count). The number of carbonyl (C=O) groups is 1. The van der Waals surface area contributed by atoms with E-state index in [0.29, 0.717) is 23.1 Å². The summed E-state index contributed by atoms with van der Waals surface area (Å²) in [5.74, 6) is 1.13. The quantitative estimate of drug-likeness (QED) is 0.424. The standard InChI is InChI=1S/C27H35N3O3/c1-16(2)18-7-9-19(10-8-18)28-26-29-22-12-21(25(31)32)24(33-6)13-23(22)30(26)20-11-17(3)14-27(4,5)15-20/h7-10,12-13,16-17,20H,11,14-15H2,1-6H3,(H,28,29)(H,31,32)/t17-,20+/m1/s1. The summed E-state index contributed by atoms with van der Waals surface area (Å²) in [5.41, 5.74) is 4.15. The van der Waals surface area contributed by atoms with Crippen LogP contribution in [0.3, 0.4) is 0 Å². The summed E-state index contributed by atoms with van der Waals surface area (Å²) < 4.78 is 7.70. The molecule has 1 saturated carbocycles. The molecule has 0 spiro atoms. The van der Waals surface area contributed by atoms with Gasteiger partial charge in [0.1, 0.15) is 11.3 Å². The Hall–Kier alpha value is -3.02. The number of benzene rings is 2. The van der Waals surface area contributed by atoms with E-state index in [1.54, 1.807) is 6.07 Å². The third-order valence-electron chi connectivity index (χ3n) is 6.80. The molecule has 1 aliphatic rings. The van der Waals surface area contributed by atoms with Crippen LogP contribution >= 0.6 is 0 Å². The molecule has 1 heterocycles. The molecule has 0 radical (unpaired) electrons. The van der Waals surface area contributed by atoms with Crippen molar-refractivity contribution in [3.8, 4) is 5.75 Å². The van der Waals surface area contributed by atoms with Crippen molar-refractivity contribution in [1.29, 1.82) is 0 Å². The number of imidazole rings is 1. The monoisotopic (exact) mass is 449 g/mol. The van der Waals surface area contributed by atoms with Crippen molar-refractivity contribution in [2.45, 2.75) is 65.8 Å². The van der Waals surface area contributed by atoms with Gasteiger partial charge in [0, 0.05) is 17.8 Å². The van der Waals surface area contributed by atoms with Crippen LogP contribution in [0.25, 0.3) is 11.0 Å². The molecule has 2 atom stereocenters. The number of ether oxygens (including phenoxy) is 1. The van der Waals surface area contributed by atoms with E-state index in [4.69, 9.17) is 9.72 Å². The van der Waals surface area contributed by atoms with Gasteiger partial charge in [0.2, 0.25) is 5.95 Å². The van der Waals surface area contributed by atoms with Crippen LogP contribution in [0.15, 0.2) is 36.4 Å². The average molecular weight is 450 g/mol. The number of hydrogen-bond donors (Lipinski definition) is 2. The molecule has 0 saturated heterocycles. The lowest BCUT2D eigenvalue weighted by Gasteiger charge is -2.40. The maximum atomic E-state index is 11.8. The van der Waals surface area contributed by atoms with Gasteiger partial charge in [-0.05, 0) is 60.3 Å². The van der Waals surface area contributed by atoms with Crippen LogP contribution in [0.5, 0.6) is 5.75 Å². The van der Waals surface area contributed by atoms with Crippen LogP contribution in [-0.2, 0) is 0 Å².